The third-order valence-corrected chi connectivity index (χ3v) is 4.61. The first kappa shape index (κ1) is 16.5. The van der Waals surface area contributed by atoms with Gasteiger partial charge in [0.15, 0.2) is 11.8 Å². The smallest absolute Gasteiger partial charge is 0.191 e. The van der Waals surface area contributed by atoms with E-state index in [1.165, 1.54) is 4.88 Å². The van der Waals surface area contributed by atoms with E-state index in [1.807, 2.05) is 18.5 Å². The Bertz CT molecular complexity index is 602. The van der Waals surface area contributed by atoms with Gasteiger partial charge >= 0.3 is 0 Å². The van der Waals surface area contributed by atoms with Crippen molar-refractivity contribution in [1.29, 1.82) is 0 Å². The lowest BCUT2D eigenvalue weighted by atomic mass is 10.1. The van der Waals surface area contributed by atoms with Gasteiger partial charge in [0.05, 0.1) is 0 Å². The molecule has 0 aliphatic heterocycles. The quantitative estimate of drug-likeness (QED) is 0.631. The minimum atomic E-state index is 0.459. The highest BCUT2D eigenvalue weighted by Crippen LogP contribution is 2.19. The number of aliphatic imine (C=N–C) groups is 1. The predicted molar refractivity (Wildman–Crippen MR) is 91.3 cm³/mol. The summed E-state index contributed by atoms with van der Waals surface area (Å²) in [6.45, 7) is 8.41. The van der Waals surface area contributed by atoms with Crippen molar-refractivity contribution < 1.29 is 0 Å². The van der Waals surface area contributed by atoms with Crippen molar-refractivity contribution in [2.45, 2.75) is 33.2 Å². The number of hydrogen-bond acceptors (Lipinski definition) is 4. The maximum atomic E-state index is 4.59. The summed E-state index contributed by atoms with van der Waals surface area (Å²) in [6.07, 6.45) is 0. The maximum Gasteiger partial charge on any atom is 0.191 e. The highest BCUT2D eigenvalue weighted by atomic mass is 32.1. The Balaban J connectivity index is 1.94. The van der Waals surface area contributed by atoms with Gasteiger partial charge in [-0.1, -0.05) is 13.0 Å². The van der Waals surface area contributed by atoms with Crippen molar-refractivity contribution in [3.63, 3.8) is 0 Å². The normalized spacial score (nSPS) is 13.2. The lowest BCUT2D eigenvalue weighted by Crippen LogP contribution is -2.39. The first-order valence-electron chi connectivity index (χ1n) is 7.52. The molecular weight excluding hydrogens is 296 g/mol. The van der Waals surface area contributed by atoms with E-state index in [9.17, 15) is 0 Å². The minimum absolute atomic E-state index is 0.459. The number of thiophene rings is 1. The molecule has 0 aliphatic rings. The van der Waals surface area contributed by atoms with Crippen molar-refractivity contribution in [1.82, 2.24) is 25.4 Å². The monoisotopic (exact) mass is 320 g/mol. The molecule has 6 nitrogen and oxygen atoms in total. The van der Waals surface area contributed by atoms with Crippen molar-refractivity contribution in [3.05, 3.63) is 34.0 Å². The van der Waals surface area contributed by atoms with E-state index in [2.05, 4.69) is 57.2 Å². The molecule has 2 heterocycles. The number of nitrogens with zero attached hydrogens (tertiary/aromatic N) is 4. The van der Waals surface area contributed by atoms with E-state index in [0.29, 0.717) is 12.5 Å². The third-order valence-electron chi connectivity index (χ3n) is 3.51. The summed E-state index contributed by atoms with van der Waals surface area (Å²) in [7, 11) is 1.96. The van der Waals surface area contributed by atoms with Gasteiger partial charge in [0, 0.05) is 30.9 Å². The fraction of sp³-hybridized carbons (Fsp3) is 0.533. The molecule has 120 valence electrons. The molecule has 0 aliphatic carbocycles. The van der Waals surface area contributed by atoms with Gasteiger partial charge in [0.2, 0.25) is 0 Å². The Hall–Kier alpha value is -1.89. The van der Waals surface area contributed by atoms with Gasteiger partial charge in [-0.2, -0.15) is 0 Å². The summed E-state index contributed by atoms with van der Waals surface area (Å²) in [6, 6.07) is 4.26. The lowest BCUT2D eigenvalue weighted by molar-refractivity contribution is 0.703. The molecule has 2 aromatic rings. The highest BCUT2D eigenvalue weighted by molar-refractivity contribution is 7.10. The van der Waals surface area contributed by atoms with Gasteiger partial charge in [-0.25, -0.2) is 4.99 Å². The Morgan fingerprint density at radius 2 is 2.23 bits per heavy atom. The van der Waals surface area contributed by atoms with E-state index >= 15 is 0 Å². The molecule has 0 saturated heterocycles. The summed E-state index contributed by atoms with van der Waals surface area (Å²) >= 11 is 1.79. The fourth-order valence-electron chi connectivity index (χ4n) is 2.00. The Morgan fingerprint density at radius 1 is 1.41 bits per heavy atom. The number of aryl methyl sites for hydroxylation is 1. The molecule has 0 spiro atoms. The second kappa shape index (κ2) is 7.93. The topological polar surface area (TPSA) is 67.1 Å². The molecule has 2 aromatic heterocycles. The van der Waals surface area contributed by atoms with Gasteiger partial charge in [-0.05, 0) is 25.3 Å². The molecule has 0 fully saturated rings. The van der Waals surface area contributed by atoms with Crippen LogP contribution in [-0.2, 0) is 13.6 Å². The second-order valence-electron chi connectivity index (χ2n) is 5.21. The zero-order valence-electron chi connectivity index (χ0n) is 13.6. The van der Waals surface area contributed by atoms with Crippen molar-refractivity contribution in [2.75, 3.05) is 13.1 Å². The average molecular weight is 320 g/mol. The molecule has 0 radical (unpaired) electrons. The number of hydrogen-bond donors (Lipinski definition) is 2. The molecule has 0 bridgehead atoms. The standard InChI is InChI=1S/C15H24N6S/c1-5-16-15(17-9-11(2)13-7-6-8-22-13)18-10-14-20-19-12(3)21(14)4/h6-8,11H,5,9-10H2,1-4H3,(H2,16,17,18). The first-order valence-corrected chi connectivity index (χ1v) is 8.40. The van der Waals surface area contributed by atoms with Gasteiger partial charge in [-0.15, -0.1) is 21.5 Å². The van der Waals surface area contributed by atoms with Crippen LogP contribution in [0, 0.1) is 6.92 Å². The van der Waals surface area contributed by atoms with E-state index in [4.69, 9.17) is 0 Å². The number of guanidine groups is 1. The molecule has 7 heteroatoms. The van der Waals surface area contributed by atoms with Crippen LogP contribution in [0.1, 0.15) is 36.3 Å². The van der Waals surface area contributed by atoms with Crippen LogP contribution in [-0.4, -0.2) is 33.8 Å². The van der Waals surface area contributed by atoms with Crippen LogP contribution in [0.15, 0.2) is 22.5 Å². The molecule has 2 rings (SSSR count). The molecule has 1 unspecified atom stereocenters. The average Bonchev–Trinajstić information content (AvgIpc) is 3.14. The van der Waals surface area contributed by atoms with Crippen molar-refractivity contribution in [3.8, 4) is 0 Å². The zero-order valence-corrected chi connectivity index (χ0v) is 14.4. The van der Waals surface area contributed by atoms with Crippen LogP contribution in [0.25, 0.3) is 0 Å². The lowest BCUT2D eigenvalue weighted by Gasteiger charge is -2.14. The van der Waals surface area contributed by atoms with Crippen LogP contribution in [0.2, 0.25) is 0 Å². The van der Waals surface area contributed by atoms with Crippen molar-refractivity contribution in [2.24, 2.45) is 12.0 Å². The van der Waals surface area contributed by atoms with Gasteiger partial charge < -0.3 is 15.2 Å². The van der Waals surface area contributed by atoms with Crippen LogP contribution >= 0.6 is 11.3 Å². The van der Waals surface area contributed by atoms with Crippen LogP contribution in [0.4, 0.5) is 0 Å². The predicted octanol–water partition coefficient (Wildman–Crippen LogP) is 2.04. The second-order valence-corrected chi connectivity index (χ2v) is 6.19. The summed E-state index contributed by atoms with van der Waals surface area (Å²) < 4.78 is 1.96. The number of aromatic nitrogens is 3. The summed E-state index contributed by atoms with van der Waals surface area (Å²) in [5.41, 5.74) is 0. The molecule has 0 saturated carbocycles. The fourth-order valence-corrected chi connectivity index (χ4v) is 2.79. The summed E-state index contributed by atoms with van der Waals surface area (Å²) in [5.74, 6) is 3.03. The minimum Gasteiger partial charge on any atom is -0.357 e. The maximum absolute atomic E-state index is 4.59. The highest BCUT2D eigenvalue weighted by Gasteiger charge is 2.08. The Kier molecular flexibility index (Phi) is 5.94. The van der Waals surface area contributed by atoms with Crippen LogP contribution in [0.3, 0.4) is 0 Å². The third kappa shape index (κ3) is 4.30. The van der Waals surface area contributed by atoms with Crippen molar-refractivity contribution >= 4 is 17.3 Å². The Morgan fingerprint density at radius 3 is 2.82 bits per heavy atom. The van der Waals surface area contributed by atoms with E-state index in [1.54, 1.807) is 11.3 Å². The zero-order chi connectivity index (χ0) is 15.9. The molecular formula is C15H24N6S. The van der Waals surface area contributed by atoms with Crippen LogP contribution in [0.5, 0.6) is 0 Å². The first-order chi connectivity index (χ1) is 10.6. The van der Waals surface area contributed by atoms with Gasteiger partial charge in [0.25, 0.3) is 0 Å². The summed E-state index contributed by atoms with van der Waals surface area (Å²) in [4.78, 5) is 5.97. The Labute approximate surface area is 135 Å². The van der Waals surface area contributed by atoms with E-state index < -0.39 is 0 Å². The number of rotatable bonds is 6. The SMILES string of the molecule is CCNC(=NCc1nnc(C)n1C)NCC(C)c1cccs1. The largest absolute Gasteiger partial charge is 0.357 e. The molecule has 0 amide bonds. The number of nitrogens with one attached hydrogen (secondary N) is 2. The van der Waals surface area contributed by atoms with Crippen LogP contribution < -0.4 is 10.6 Å². The van der Waals surface area contributed by atoms with Gasteiger partial charge in [0.1, 0.15) is 12.4 Å². The van der Waals surface area contributed by atoms with E-state index in [0.717, 1.165) is 30.7 Å². The molecule has 2 N–H and O–H groups in total. The van der Waals surface area contributed by atoms with Gasteiger partial charge in [-0.3, -0.25) is 0 Å². The van der Waals surface area contributed by atoms with E-state index in [-0.39, 0.29) is 0 Å². The summed E-state index contributed by atoms with van der Waals surface area (Å²) in [5, 5.41) is 17.0. The molecule has 0 aromatic carbocycles. The molecule has 22 heavy (non-hydrogen) atoms. The molecule has 1 atom stereocenters.